The second kappa shape index (κ2) is 19.1. The lowest BCUT2D eigenvalue weighted by atomic mass is 9.85. The number of rotatable bonds is 18. The van der Waals surface area contributed by atoms with Gasteiger partial charge in [-0.1, -0.05) is 54.6 Å². The molecule has 0 radical (unpaired) electrons. The maximum absolute atomic E-state index is 12.9. The second-order valence-corrected chi connectivity index (χ2v) is 16.1. The number of aromatic nitrogens is 3. The number of carbonyl (C=O) groups excluding carboxylic acids is 1. The molecule has 56 heavy (non-hydrogen) atoms. The van der Waals surface area contributed by atoms with Gasteiger partial charge < -0.3 is 29.9 Å². The van der Waals surface area contributed by atoms with Crippen LogP contribution >= 0.6 is 0 Å². The molecule has 7 atom stereocenters. The zero-order chi connectivity index (χ0) is 38.9. The molecule has 3 heterocycles. The van der Waals surface area contributed by atoms with E-state index >= 15 is 0 Å². The molecule has 2 aromatic heterocycles. The highest BCUT2D eigenvalue weighted by atomic mass is 16.6. The molecule has 7 rings (SSSR count). The summed E-state index contributed by atoms with van der Waals surface area (Å²) in [5.74, 6) is -0.288. The first kappa shape index (κ1) is 39.7. The van der Waals surface area contributed by atoms with Crippen molar-refractivity contribution in [2.24, 2.45) is 11.8 Å². The lowest BCUT2D eigenvalue weighted by molar-refractivity contribution is -0.152. The van der Waals surface area contributed by atoms with E-state index in [1.54, 1.807) is 0 Å². The minimum atomic E-state index is -0.550. The average Bonchev–Trinajstić information content (AvgIpc) is 3.91. The van der Waals surface area contributed by atoms with Crippen molar-refractivity contribution >= 4 is 33.5 Å². The molecule has 298 valence electrons. The van der Waals surface area contributed by atoms with Crippen molar-refractivity contribution in [1.29, 1.82) is 0 Å². The average molecular weight is 762 g/mol. The number of piperidine rings is 1. The number of anilines is 1. The van der Waals surface area contributed by atoms with Crippen molar-refractivity contribution < 1.29 is 24.9 Å². The topological polar surface area (TPSA) is 136 Å². The molecule has 0 spiro atoms. The number of aliphatic hydroxyl groups is 3. The van der Waals surface area contributed by atoms with E-state index < -0.39 is 24.5 Å². The molecule has 1 saturated heterocycles. The Morgan fingerprint density at radius 3 is 2.73 bits per heavy atom. The van der Waals surface area contributed by atoms with Crippen LogP contribution in [-0.4, -0.2) is 78.4 Å². The Kier molecular flexibility index (Phi) is 13.6. The van der Waals surface area contributed by atoms with E-state index in [2.05, 4.69) is 87.2 Å². The second-order valence-electron chi connectivity index (χ2n) is 16.1. The SMILES string of the molecule is CC(OC(=O)CCC/C=C/C[C@@H]1[C@@H](CC[C@@H](O)CCc2ccccc2)[C@H](O)C[C@@H]1O)n1ccc2ccc(CN3CCC[C@@H](Nc4ccc5[nH]ncc5c4)C3)cc21. The maximum atomic E-state index is 12.9. The van der Waals surface area contributed by atoms with E-state index in [0.29, 0.717) is 51.0 Å². The standard InChI is InChI=1S/C46H59N5O5/c1-32(56-46(55)14-8-3-2-7-13-40-41(45(54)28-44(40)53)21-20-39(52)19-16-33-10-5-4-6-11-33)51-25-23-35-17-15-34(26-43(35)51)30-50-24-9-12-38(31-50)48-37-18-22-42-36(27-37)29-47-49-42/h2,4-7,10-11,15,17-18,22-23,25-27,29,32,38-41,44-45,48,52-54H,3,8-9,12-14,16,19-21,24,28,30-31H2,1H3,(H,47,49)/b7-2+/t32?,38-,39+,40-,41-,44+,45-/m1/s1. The van der Waals surface area contributed by atoms with Gasteiger partial charge in [0, 0.05) is 42.8 Å². The summed E-state index contributed by atoms with van der Waals surface area (Å²) in [6.45, 7) is 4.82. The predicted molar refractivity (Wildman–Crippen MR) is 222 cm³/mol. The lowest BCUT2D eigenvalue weighted by Gasteiger charge is -2.33. The molecule has 5 aromatic rings. The molecule has 5 N–H and O–H groups in total. The van der Waals surface area contributed by atoms with Gasteiger partial charge in [0.25, 0.3) is 0 Å². The lowest BCUT2D eigenvalue weighted by Crippen LogP contribution is -2.41. The Morgan fingerprint density at radius 2 is 1.86 bits per heavy atom. The molecule has 2 aliphatic rings. The number of hydrogen-bond acceptors (Lipinski definition) is 8. The zero-order valence-corrected chi connectivity index (χ0v) is 32.7. The Balaban J connectivity index is 0.830. The number of nitrogens with one attached hydrogen (secondary N) is 2. The van der Waals surface area contributed by atoms with Gasteiger partial charge in [-0.05, 0) is 136 Å². The van der Waals surface area contributed by atoms with E-state index in [0.717, 1.165) is 72.8 Å². The van der Waals surface area contributed by atoms with Crippen LogP contribution in [0.5, 0.6) is 0 Å². The molecule has 10 nitrogen and oxygen atoms in total. The molecule has 3 aromatic carbocycles. The maximum Gasteiger partial charge on any atom is 0.307 e. The predicted octanol–water partition coefficient (Wildman–Crippen LogP) is 7.90. The van der Waals surface area contributed by atoms with Crippen LogP contribution in [0.15, 0.2) is 97.3 Å². The van der Waals surface area contributed by atoms with Gasteiger partial charge in [-0.15, -0.1) is 0 Å². The van der Waals surface area contributed by atoms with Gasteiger partial charge in [0.1, 0.15) is 0 Å². The molecule has 0 amide bonds. The number of aromatic amines is 1. The number of hydrogen-bond donors (Lipinski definition) is 5. The first-order valence-corrected chi connectivity index (χ1v) is 20.7. The largest absolute Gasteiger partial charge is 0.441 e. The number of aliphatic hydroxyl groups excluding tert-OH is 3. The molecule has 1 aliphatic heterocycles. The van der Waals surface area contributed by atoms with E-state index in [1.165, 1.54) is 11.1 Å². The Labute approximate surface area is 330 Å². The summed E-state index contributed by atoms with van der Waals surface area (Å²) in [7, 11) is 0. The first-order chi connectivity index (χ1) is 27.3. The van der Waals surface area contributed by atoms with Crippen molar-refractivity contribution in [1.82, 2.24) is 19.7 Å². The van der Waals surface area contributed by atoms with Gasteiger partial charge >= 0.3 is 5.97 Å². The summed E-state index contributed by atoms with van der Waals surface area (Å²) in [6.07, 6.45) is 14.0. The number of fused-ring (bicyclic) bond motifs is 2. The van der Waals surface area contributed by atoms with E-state index in [9.17, 15) is 20.1 Å². The number of carbonyl (C=O) groups is 1. The Bertz CT molecular complexity index is 2030. The number of allylic oxidation sites excluding steroid dienone is 2. The minimum absolute atomic E-state index is 0.0338. The van der Waals surface area contributed by atoms with Crippen LogP contribution in [0.25, 0.3) is 21.8 Å². The molecule has 2 fully saturated rings. The summed E-state index contributed by atoms with van der Waals surface area (Å²) < 4.78 is 7.94. The van der Waals surface area contributed by atoms with E-state index in [4.69, 9.17) is 4.74 Å². The van der Waals surface area contributed by atoms with Crippen molar-refractivity contribution in [3.05, 3.63) is 108 Å². The molecule has 1 unspecified atom stereocenters. The normalized spacial score (nSPS) is 22.9. The summed E-state index contributed by atoms with van der Waals surface area (Å²) in [6, 6.07) is 25.6. The van der Waals surface area contributed by atoms with Gasteiger partial charge in [-0.3, -0.25) is 14.8 Å². The minimum Gasteiger partial charge on any atom is -0.441 e. The van der Waals surface area contributed by atoms with Crippen molar-refractivity contribution in [3.63, 3.8) is 0 Å². The molecule has 1 aliphatic carbocycles. The van der Waals surface area contributed by atoms with Gasteiger partial charge in [-0.25, -0.2) is 0 Å². The summed E-state index contributed by atoms with van der Waals surface area (Å²) in [5.41, 5.74) is 5.68. The quantitative estimate of drug-likeness (QED) is 0.0346. The summed E-state index contributed by atoms with van der Waals surface area (Å²) in [4.78, 5) is 15.4. The van der Waals surface area contributed by atoms with Crippen LogP contribution in [0, 0.1) is 11.8 Å². The van der Waals surface area contributed by atoms with E-state index in [1.807, 2.05) is 42.1 Å². The number of esters is 1. The van der Waals surface area contributed by atoms with Crippen LogP contribution in [0.3, 0.4) is 0 Å². The first-order valence-electron chi connectivity index (χ1n) is 20.7. The number of ether oxygens (including phenoxy) is 1. The monoisotopic (exact) mass is 761 g/mol. The highest BCUT2D eigenvalue weighted by Crippen LogP contribution is 2.38. The molecular weight excluding hydrogens is 703 g/mol. The number of aryl methyl sites for hydroxylation is 1. The van der Waals surface area contributed by atoms with Crippen LogP contribution < -0.4 is 5.32 Å². The number of H-pyrrole nitrogens is 1. The number of unbranched alkanes of at least 4 members (excludes halogenated alkanes) is 1. The van der Waals surface area contributed by atoms with Crippen molar-refractivity contribution in [3.8, 4) is 0 Å². The molecular formula is C46H59N5O5. The van der Waals surface area contributed by atoms with Crippen LogP contribution in [0.2, 0.25) is 0 Å². The third kappa shape index (κ3) is 10.5. The summed E-state index contributed by atoms with van der Waals surface area (Å²) >= 11 is 0. The van der Waals surface area contributed by atoms with Gasteiger partial charge in [0.15, 0.2) is 6.23 Å². The van der Waals surface area contributed by atoms with Crippen molar-refractivity contribution in [2.45, 2.75) is 115 Å². The van der Waals surface area contributed by atoms with Crippen LogP contribution in [-0.2, 0) is 22.5 Å². The van der Waals surface area contributed by atoms with Crippen LogP contribution in [0.1, 0.15) is 88.5 Å². The highest BCUT2D eigenvalue weighted by Gasteiger charge is 2.40. The van der Waals surface area contributed by atoms with Gasteiger partial charge in [-0.2, -0.15) is 5.10 Å². The van der Waals surface area contributed by atoms with Gasteiger partial charge in [0.2, 0.25) is 0 Å². The zero-order valence-electron chi connectivity index (χ0n) is 32.7. The third-order valence-corrected chi connectivity index (χ3v) is 12.0. The summed E-state index contributed by atoms with van der Waals surface area (Å²) in [5, 5.41) is 45.1. The highest BCUT2D eigenvalue weighted by molar-refractivity contribution is 5.82. The van der Waals surface area contributed by atoms with Crippen molar-refractivity contribution in [2.75, 3.05) is 18.4 Å². The van der Waals surface area contributed by atoms with E-state index in [-0.39, 0.29) is 17.8 Å². The Hall–Kier alpha value is -4.48. The fourth-order valence-corrected chi connectivity index (χ4v) is 8.91. The third-order valence-electron chi connectivity index (χ3n) is 12.0. The van der Waals surface area contributed by atoms with Crippen LogP contribution in [0.4, 0.5) is 5.69 Å². The van der Waals surface area contributed by atoms with Gasteiger partial charge in [0.05, 0.1) is 35.5 Å². The number of nitrogens with zero attached hydrogens (tertiary/aromatic N) is 3. The Morgan fingerprint density at radius 1 is 1.00 bits per heavy atom. The molecule has 0 bridgehead atoms. The fraction of sp³-hybridized carbons (Fsp3) is 0.478. The molecule has 1 saturated carbocycles. The number of benzene rings is 3. The smallest absolute Gasteiger partial charge is 0.307 e. The number of likely N-dealkylation sites (tertiary alicyclic amines) is 1. The fourth-order valence-electron chi connectivity index (χ4n) is 8.91. The molecule has 10 heteroatoms.